The van der Waals surface area contributed by atoms with Crippen molar-refractivity contribution in [2.24, 2.45) is 5.41 Å². The minimum Gasteiger partial charge on any atom is -0.457 e. The van der Waals surface area contributed by atoms with Crippen molar-refractivity contribution in [3.05, 3.63) is 119 Å². The number of likely N-dealkylation sites (tertiary alicyclic amines) is 1. The normalized spacial score (nSPS) is 22.7. The number of esters is 1. The van der Waals surface area contributed by atoms with E-state index in [1.807, 2.05) is 17.0 Å². The van der Waals surface area contributed by atoms with Crippen LogP contribution in [0, 0.1) is 5.41 Å². The van der Waals surface area contributed by atoms with Gasteiger partial charge in [-0.3, -0.25) is 4.79 Å². The molecule has 9 rings (SSSR count). The summed E-state index contributed by atoms with van der Waals surface area (Å²) < 4.78 is 5.51. The number of cyclic esters (lactones) is 1. The lowest BCUT2D eigenvalue weighted by molar-refractivity contribution is -0.142. The van der Waals surface area contributed by atoms with Crippen LogP contribution in [0.25, 0.3) is 0 Å². The van der Waals surface area contributed by atoms with Crippen LogP contribution >= 0.6 is 0 Å². The summed E-state index contributed by atoms with van der Waals surface area (Å²) >= 11 is 0. The molecule has 4 aromatic rings. The van der Waals surface area contributed by atoms with Crippen LogP contribution < -0.4 is 14.3 Å². The maximum atomic E-state index is 16.6. The number of carbonyl (C=O) groups is 3. The molecule has 0 aromatic heterocycles. The zero-order valence-electron chi connectivity index (χ0n) is 34.2. The number of quaternary nitrogens is 1. The molecule has 0 radical (unpaired) electrons. The van der Waals surface area contributed by atoms with Gasteiger partial charge in [-0.05, 0) is 81.1 Å². The number of rotatable bonds is 10. The average Bonchev–Trinajstić information content (AvgIpc) is 3.83. The first kappa shape index (κ1) is 38.5. The summed E-state index contributed by atoms with van der Waals surface area (Å²) in [7, 11) is 4.37. The molecule has 4 aromatic carbocycles. The van der Waals surface area contributed by atoms with Crippen LogP contribution in [0.1, 0.15) is 58.3 Å². The summed E-state index contributed by atoms with van der Waals surface area (Å²) in [5, 5.41) is 0. The lowest BCUT2D eigenvalue weighted by Gasteiger charge is -2.47. The number of para-hydroxylation sites is 2. The Balaban J connectivity index is 1.18. The van der Waals surface area contributed by atoms with Gasteiger partial charge in [-0.2, -0.15) is 4.48 Å². The van der Waals surface area contributed by atoms with E-state index in [9.17, 15) is 9.59 Å². The van der Waals surface area contributed by atoms with E-state index in [2.05, 4.69) is 113 Å². The number of piperazine rings is 2. The molecule has 4 fully saturated rings. The van der Waals surface area contributed by atoms with E-state index in [0.717, 1.165) is 101 Å². The predicted octanol–water partition coefficient (Wildman–Crippen LogP) is 6.41. The van der Waals surface area contributed by atoms with E-state index in [4.69, 9.17) is 4.74 Å². The Morgan fingerprint density at radius 2 is 1.24 bits per heavy atom. The second-order valence-electron chi connectivity index (χ2n) is 17.4. The van der Waals surface area contributed by atoms with Crippen molar-refractivity contribution in [2.75, 3.05) is 89.3 Å². The zero-order valence-corrected chi connectivity index (χ0v) is 34.2. The molecule has 302 valence electrons. The van der Waals surface area contributed by atoms with Gasteiger partial charge in [0.2, 0.25) is 5.91 Å². The molecule has 10 heteroatoms. The predicted molar refractivity (Wildman–Crippen MR) is 229 cm³/mol. The standard InChI is InChI=1S/C48H57N6O4/c1-49-22-26-51(27-23-49)43-11-5-3-9-37(43)32-48(33-38-10-4-6-12-44(38)52-28-24-50(2)25-29-52)20-8-30-54(47(48)57,41-19-16-39-35-58-46(56)42(39)31-41)40-17-14-36(15-18-40)34-53-21-7-13-45(53)55/h3-6,9-12,14-19,31H,7-8,13,20-30,32-35H2,1-2H3/q+1. The van der Waals surface area contributed by atoms with Crippen LogP contribution in [-0.4, -0.2) is 112 Å². The Morgan fingerprint density at radius 1 is 0.655 bits per heavy atom. The van der Waals surface area contributed by atoms with Gasteiger partial charge in [0.05, 0.1) is 17.5 Å². The molecule has 58 heavy (non-hydrogen) atoms. The first-order valence-electron chi connectivity index (χ1n) is 21.4. The molecule has 10 nitrogen and oxygen atoms in total. The summed E-state index contributed by atoms with van der Waals surface area (Å²) in [6.07, 6.45) is 4.28. The maximum Gasteiger partial charge on any atom is 0.339 e. The van der Waals surface area contributed by atoms with Crippen molar-refractivity contribution in [2.45, 2.75) is 51.7 Å². The lowest BCUT2D eigenvalue weighted by Crippen LogP contribution is -2.62. The summed E-state index contributed by atoms with van der Waals surface area (Å²) in [5.41, 5.74) is 8.22. The van der Waals surface area contributed by atoms with Crippen molar-refractivity contribution < 1.29 is 19.1 Å². The van der Waals surface area contributed by atoms with Crippen molar-refractivity contribution in [1.29, 1.82) is 0 Å². The highest BCUT2D eigenvalue weighted by molar-refractivity contribution is 6.02. The van der Waals surface area contributed by atoms with Crippen LogP contribution in [0.15, 0.2) is 91.0 Å². The quantitative estimate of drug-likeness (QED) is 0.135. The summed E-state index contributed by atoms with van der Waals surface area (Å²) in [6, 6.07) is 31.9. The number of benzene rings is 4. The number of hydrogen-bond donors (Lipinski definition) is 0. The Bertz CT molecular complexity index is 2110. The maximum absolute atomic E-state index is 16.6. The Morgan fingerprint density at radius 3 is 1.83 bits per heavy atom. The number of ether oxygens (including phenoxy) is 1. The molecule has 5 heterocycles. The third kappa shape index (κ3) is 7.20. The molecule has 0 aliphatic carbocycles. The monoisotopic (exact) mass is 781 g/mol. The second-order valence-corrected chi connectivity index (χ2v) is 17.4. The number of nitrogens with zero attached hydrogens (tertiary/aromatic N) is 6. The molecular formula is C48H57N6O4+. The van der Waals surface area contributed by atoms with Crippen LogP contribution in [0.4, 0.5) is 22.7 Å². The van der Waals surface area contributed by atoms with Gasteiger partial charge >= 0.3 is 11.9 Å². The Hall–Kier alpha value is -5.03. The van der Waals surface area contributed by atoms with Crippen LogP contribution in [-0.2, 0) is 40.3 Å². The fourth-order valence-electron chi connectivity index (χ4n) is 10.3. The van der Waals surface area contributed by atoms with E-state index in [1.54, 1.807) is 0 Å². The van der Waals surface area contributed by atoms with Gasteiger partial charge in [0.1, 0.15) is 18.0 Å². The number of amides is 2. The Labute approximate surface area is 343 Å². The van der Waals surface area contributed by atoms with Gasteiger partial charge in [0.15, 0.2) is 0 Å². The molecule has 1 atom stereocenters. The number of piperidine rings is 1. The SMILES string of the molecule is CN1CCN(c2ccccc2CC2(Cc3ccccc3N3CCN(C)CC3)CCC[N+](c3ccc(CN4CCCC4=O)cc3)(c3ccc4c(c3)C(=O)OC4)C2=O)CC1. The average molecular weight is 782 g/mol. The third-order valence-electron chi connectivity index (χ3n) is 13.7. The van der Waals surface area contributed by atoms with Crippen LogP contribution in [0.2, 0.25) is 0 Å². The fraction of sp³-hybridized carbons (Fsp3) is 0.438. The fourth-order valence-corrected chi connectivity index (χ4v) is 10.3. The van der Waals surface area contributed by atoms with E-state index >= 15 is 4.79 Å². The lowest BCUT2D eigenvalue weighted by atomic mass is 9.68. The molecule has 5 aliphatic rings. The van der Waals surface area contributed by atoms with Gasteiger partial charge in [0.25, 0.3) is 0 Å². The zero-order chi connectivity index (χ0) is 39.9. The largest absolute Gasteiger partial charge is 0.457 e. The molecule has 0 N–H and O–H groups in total. The second kappa shape index (κ2) is 16.0. The van der Waals surface area contributed by atoms with E-state index in [1.165, 1.54) is 22.5 Å². The number of anilines is 2. The summed E-state index contributed by atoms with van der Waals surface area (Å²) in [4.78, 5) is 54.0. The van der Waals surface area contributed by atoms with Crippen molar-refractivity contribution in [3.8, 4) is 0 Å². The number of likely N-dealkylation sites (N-methyl/N-ethyl adjacent to an activating group) is 2. The van der Waals surface area contributed by atoms with Crippen molar-refractivity contribution in [1.82, 2.24) is 19.2 Å². The van der Waals surface area contributed by atoms with Crippen molar-refractivity contribution >= 4 is 40.5 Å². The summed E-state index contributed by atoms with van der Waals surface area (Å²) in [6.45, 7) is 9.95. The molecule has 2 amide bonds. The third-order valence-corrected chi connectivity index (χ3v) is 13.7. The van der Waals surface area contributed by atoms with E-state index < -0.39 is 5.41 Å². The highest BCUT2D eigenvalue weighted by atomic mass is 16.5. The molecular weight excluding hydrogens is 725 g/mol. The van der Waals surface area contributed by atoms with Gasteiger partial charge in [0, 0.05) is 113 Å². The minimum absolute atomic E-state index is 0.0108. The molecule has 0 bridgehead atoms. The molecule has 0 spiro atoms. The van der Waals surface area contributed by atoms with Crippen LogP contribution in [0.3, 0.4) is 0 Å². The van der Waals surface area contributed by atoms with Gasteiger partial charge in [-0.15, -0.1) is 0 Å². The molecule has 5 aliphatic heterocycles. The molecule has 4 saturated heterocycles. The Kier molecular flexibility index (Phi) is 10.6. The topological polar surface area (TPSA) is 76.6 Å². The smallest absolute Gasteiger partial charge is 0.339 e. The van der Waals surface area contributed by atoms with Crippen LogP contribution in [0.5, 0.6) is 0 Å². The van der Waals surface area contributed by atoms with Gasteiger partial charge in [-0.25, -0.2) is 9.59 Å². The molecule has 0 saturated carbocycles. The first-order chi connectivity index (χ1) is 28.2. The minimum atomic E-state index is -0.774. The number of hydrogen-bond acceptors (Lipinski definition) is 8. The van der Waals surface area contributed by atoms with Gasteiger partial charge in [-0.1, -0.05) is 48.5 Å². The highest BCUT2D eigenvalue weighted by Crippen LogP contribution is 2.50. The van der Waals surface area contributed by atoms with E-state index in [0.29, 0.717) is 37.9 Å². The van der Waals surface area contributed by atoms with Crippen molar-refractivity contribution in [3.63, 3.8) is 0 Å². The molecule has 1 unspecified atom stereocenters. The number of carbonyl (C=O) groups excluding carboxylic acids is 3. The summed E-state index contributed by atoms with van der Waals surface area (Å²) in [5.74, 6) is 0.0229. The van der Waals surface area contributed by atoms with Gasteiger partial charge < -0.3 is 29.2 Å². The first-order valence-corrected chi connectivity index (χ1v) is 21.4. The van der Waals surface area contributed by atoms with E-state index in [-0.39, 0.29) is 28.9 Å². The highest BCUT2D eigenvalue weighted by Gasteiger charge is 2.57. The number of fused-ring (bicyclic) bond motifs is 1.